The van der Waals surface area contributed by atoms with E-state index in [-0.39, 0.29) is 0 Å². The van der Waals surface area contributed by atoms with Crippen molar-refractivity contribution in [2.24, 2.45) is 0 Å². The zero-order valence-electron chi connectivity index (χ0n) is 7.84. The Morgan fingerprint density at radius 1 is 1.54 bits per heavy atom. The van der Waals surface area contributed by atoms with Gasteiger partial charge in [-0.15, -0.1) is 0 Å². The number of rotatable bonds is 1. The van der Waals surface area contributed by atoms with Crippen molar-refractivity contribution in [2.45, 2.75) is 6.04 Å². The number of benzene rings is 1. The third-order valence-electron chi connectivity index (χ3n) is 2.58. The second-order valence-corrected chi connectivity index (χ2v) is 4.25. The van der Waals surface area contributed by atoms with E-state index in [4.69, 9.17) is 0 Å². The number of nitrogens with zero attached hydrogens (tertiary/aromatic N) is 1. The SMILES string of the molecule is CNC1CN(C)c2c(Br)cccc21. The van der Waals surface area contributed by atoms with Gasteiger partial charge in [0.1, 0.15) is 0 Å². The molecule has 1 N–H and O–H groups in total. The largest absolute Gasteiger partial charge is 0.372 e. The molecule has 13 heavy (non-hydrogen) atoms. The smallest absolute Gasteiger partial charge is 0.0557 e. The summed E-state index contributed by atoms with van der Waals surface area (Å²) in [4.78, 5) is 2.28. The molecule has 0 amide bonds. The number of halogens is 1. The van der Waals surface area contributed by atoms with Crippen molar-refractivity contribution in [1.29, 1.82) is 0 Å². The van der Waals surface area contributed by atoms with Gasteiger partial charge in [-0.25, -0.2) is 0 Å². The summed E-state index contributed by atoms with van der Waals surface area (Å²) in [6.45, 7) is 1.05. The van der Waals surface area contributed by atoms with Crippen LogP contribution in [-0.4, -0.2) is 20.6 Å². The maximum Gasteiger partial charge on any atom is 0.0557 e. The minimum Gasteiger partial charge on any atom is -0.372 e. The van der Waals surface area contributed by atoms with Gasteiger partial charge in [0, 0.05) is 18.1 Å². The lowest BCUT2D eigenvalue weighted by molar-refractivity contribution is 0.626. The summed E-state index contributed by atoms with van der Waals surface area (Å²) in [6.07, 6.45) is 0. The van der Waals surface area contributed by atoms with Crippen molar-refractivity contribution >= 4 is 21.6 Å². The fourth-order valence-corrected chi connectivity index (χ4v) is 2.61. The summed E-state index contributed by atoms with van der Waals surface area (Å²) in [7, 11) is 4.13. The van der Waals surface area contributed by atoms with E-state index < -0.39 is 0 Å². The summed E-state index contributed by atoms with van der Waals surface area (Å²) in [5.74, 6) is 0. The number of nitrogens with one attached hydrogen (secondary N) is 1. The Labute approximate surface area is 87.1 Å². The van der Waals surface area contributed by atoms with Gasteiger partial charge >= 0.3 is 0 Å². The van der Waals surface area contributed by atoms with E-state index in [2.05, 4.69) is 51.4 Å². The van der Waals surface area contributed by atoms with E-state index in [1.165, 1.54) is 15.7 Å². The highest BCUT2D eigenvalue weighted by molar-refractivity contribution is 9.10. The molecule has 0 fully saturated rings. The molecule has 0 bridgehead atoms. The normalized spacial score (nSPS) is 20.5. The lowest BCUT2D eigenvalue weighted by Gasteiger charge is -2.13. The lowest BCUT2D eigenvalue weighted by Crippen LogP contribution is -2.22. The van der Waals surface area contributed by atoms with Crippen LogP contribution in [0.1, 0.15) is 11.6 Å². The van der Waals surface area contributed by atoms with Crippen molar-refractivity contribution in [3.05, 3.63) is 28.2 Å². The molecule has 1 aromatic carbocycles. The molecule has 70 valence electrons. The second kappa shape index (κ2) is 3.31. The first kappa shape index (κ1) is 9.03. The topological polar surface area (TPSA) is 15.3 Å². The Bertz CT molecular complexity index is 325. The van der Waals surface area contributed by atoms with Crippen LogP contribution >= 0.6 is 15.9 Å². The molecule has 1 heterocycles. The van der Waals surface area contributed by atoms with Crippen LogP contribution < -0.4 is 10.2 Å². The van der Waals surface area contributed by atoms with Gasteiger partial charge in [0.2, 0.25) is 0 Å². The molecule has 1 aromatic rings. The van der Waals surface area contributed by atoms with Crippen molar-refractivity contribution in [2.75, 3.05) is 25.5 Å². The van der Waals surface area contributed by atoms with E-state index in [0.717, 1.165) is 6.54 Å². The van der Waals surface area contributed by atoms with Gasteiger partial charge in [0.15, 0.2) is 0 Å². The Kier molecular flexibility index (Phi) is 2.30. The molecule has 0 saturated heterocycles. The molecule has 1 aliphatic heterocycles. The molecule has 0 aromatic heterocycles. The van der Waals surface area contributed by atoms with Crippen LogP contribution in [0.4, 0.5) is 5.69 Å². The predicted molar refractivity (Wildman–Crippen MR) is 59.2 cm³/mol. The number of fused-ring (bicyclic) bond motifs is 1. The molecule has 3 heteroatoms. The van der Waals surface area contributed by atoms with Crippen LogP contribution in [0.15, 0.2) is 22.7 Å². The first-order valence-corrected chi connectivity index (χ1v) is 5.20. The first-order chi connectivity index (χ1) is 6.24. The van der Waals surface area contributed by atoms with Crippen molar-refractivity contribution < 1.29 is 0 Å². The molecule has 1 atom stereocenters. The maximum absolute atomic E-state index is 3.57. The molecule has 2 nitrogen and oxygen atoms in total. The maximum atomic E-state index is 3.57. The summed E-state index contributed by atoms with van der Waals surface area (Å²) in [5, 5.41) is 3.32. The van der Waals surface area contributed by atoms with Crippen LogP contribution in [0.2, 0.25) is 0 Å². The molecular formula is C10H13BrN2. The van der Waals surface area contributed by atoms with Gasteiger partial charge in [-0.3, -0.25) is 0 Å². The van der Waals surface area contributed by atoms with E-state index in [0.29, 0.717) is 6.04 Å². The predicted octanol–water partition coefficient (Wildman–Crippen LogP) is 2.16. The summed E-state index contributed by atoms with van der Waals surface area (Å²) in [5.41, 5.74) is 2.71. The van der Waals surface area contributed by atoms with Gasteiger partial charge < -0.3 is 10.2 Å². The van der Waals surface area contributed by atoms with Crippen molar-refractivity contribution in [3.63, 3.8) is 0 Å². The average Bonchev–Trinajstić information content (AvgIpc) is 2.44. The third kappa shape index (κ3) is 1.36. The quantitative estimate of drug-likeness (QED) is 0.810. The molecule has 0 aliphatic carbocycles. The number of hydrogen-bond donors (Lipinski definition) is 1. The number of likely N-dealkylation sites (N-methyl/N-ethyl adjacent to an activating group) is 2. The van der Waals surface area contributed by atoms with Crippen LogP contribution in [0, 0.1) is 0 Å². The van der Waals surface area contributed by atoms with E-state index in [9.17, 15) is 0 Å². The highest BCUT2D eigenvalue weighted by Crippen LogP contribution is 2.38. The summed E-state index contributed by atoms with van der Waals surface area (Å²) in [6, 6.07) is 6.84. The fraction of sp³-hybridized carbons (Fsp3) is 0.400. The van der Waals surface area contributed by atoms with E-state index in [1.807, 2.05) is 7.05 Å². The molecule has 0 spiro atoms. The van der Waals surface area contributed by atoms with Crippen LogP contribution in [0.5, 0.6) is 0 Å². The Hall–Kier alpha value is -0.540. The summed E-state index contributed by atoms with van der Waals surface area (Å²) >= 11 is 3.57. The van der Waals surface area contributed by atoms with Crippen LogP contribution in [-0.2, 0) is 0 Å². The molecule has 2 rings (SSSR count). The molecule has 1 aliphatic rings. The summed E-state index contributed by atoms with van der Waals surface area (Å²) < 4.78 is 1.19. The number of anilines is 1. The van der Waals surface area contributed by atoms with E-state index in [1.54, 1.807) is 0 Å². The van der Waals surface area contributed by atoms with Gasteiger partial charge in [-0.1, -0.05) is 12.1 Å². The van der Waals surface area contributed by atoms with Crippen LogP contribution in [0.25, 0.3) is 0 Å². The zero-order valence-corrected chi connectivity index (χ0v) is 9.43. The standard InChI is InChI=1S/C10H13BrN2/c1-12-9-6-13(2)10-7(9)4-3-5-8(10)11/h3-5,9,12H,6H2,1-2H3. The average molecular weight is 241 g/mol. The minimum atomic E-state index is 0.470. The van der Waals surface area contributed by atoms with Crippen molar-refractivity contribution in [1.82, 2.24) is 5.32 Å². The van der Waals surface area contributed by atoms with Gasteiger partial charge in [0.25, 0.3) is 0 Å². The Morgan fingerprint density at radius 2 is 2.31 bits per heavy atom. The zero-order chi connectivity index (χ0) is 9.42. The second-order valence-electron chi connectivity index (χ2n) is 3.40. The van der Waals surface area contributed by atoms with Crippen molar-refractivity contribution in [3.8, 4) is 0 Å². The Morgan fingerprint density at radius 3 is 3.00 bits per heavy atom. The minimum absolute atomic E-state index is 0.470. The highest BCUT2D eigenvalue weighted by Gasteiger charge is 2.26. The van der Waals surface area contributed by atoms with Gasteiger partial charge in [-0.05, 0) is 34.6 Å². The fourth-order valence-electron chi connectivity index (χ4n) is 1.93. The van der Waals surface area contributed by atoms with Gasteiger partial charge in [-0.2, -0.15) is 0 Å². The third-order valence-corrected chi connectivity index (χ3v) is 3.22. The van der Waals surface area contributed by atoms with Crippen LogP contribution in [0.3, 0.4) is 0 Å². The number of hydrogen-bond acceptors (Lipinski definition) is 2. The van der Waals surface area contributed by atoms with Gasteiger partial charge in [0.05, 0.1) is 11.7 Å². The molecule has 0 radical (unpaired) electrons. The molecule has 0 saturated carbocycles. The monoisotopic (exact) mass is 240 g/mol. The Balaban J connectivity index is 2.51. The molecule has 1 unspecified atom stereocenters. The number of para-hydroxylation sites is 1. The molecular weight excluding hydrogens is 228 g/mol. The first-order valence-electron chi connectivity index (χ1n) is 4.41. The van der Waals surface area contributed by atoms with E-state index >= 15 is 0 Å². The lowest BCUT2D eigenvalue weighted by atomic mass is 10.1. The highest BCUT2D eigenvalue weighted by atomic mass is 79.9.